The molecule has 0 radical (unpaired) electrons. The molecule has 2 rings (SSSR count). The summed E-state index contributed by atoms with van der Waals surface area (Å²) in [6, 6.07) is 14.4. The maximum Gasteiger partial charge on any atom is 0.338 e. The van der Waals surface area contributed by atoms with E-state index in [0.29, 0.717) is 5.75 Å². The third-order valence-corrected chi connectivity index (χ3v) is 2.64. The zero-order valence-corrected chi connectivity index (χ0v) is 11.1. The van der Waals surface area contributed by atoms with Crippen LogP contribution < -0.4 is 4.74 Å². The molecule has 108 valence electrons. The summed E-state index contributed by atoms with van der Waals surface area (Å²) in [7, 11) is 0. The summed E-state index contributed by atoms with van der Waals surface area (Å²) in [5, 5.41) is 10.5. The second kappa shape index (κ2) is 7.04. The number of rotatable bonds is 6. The van der Waals surface area contributed by atoms with Crippen molar-refractivity contribution >= 4 is 11.7 Å². The van der Waals surface area contributed by atoms with Crippen molar-refractivity contribution in [1.29, 1.82) is 0 Å². The van der Waals surface area contributed by atoms with E-state index >= 15 is 0 Å². The fourth-order valence-electron chi connectivity index (χ4n) is 1.61. The van der Waals surface area contributed by atoms with Crippen LogP contribution in [-0.2, 0) is 4.74 Å². The molecular formula is C15H13NO5. The van der Waals surface area contributed by atoms with Gasteiger partial charge in [0.05, 0.1) is 10.5 Å². The number of non-ortho nitro benzene ring substituents is 1. The second-order valence-corrected chi connectivity index (χ2v) is 4.10. The zero-order chi connectivity index (χ0) is 15.1. The van der Waals surface area contributed by atoms with Crippen LogP contribution in [-0.4, -0.2) is 24.1 Å². The Balaban J connectivity index is 1.78. The lowest BCUT2D eigenvalue weighted by atomic mass is 10.2. The number of para-hydroxylation sites is 1. The molecule has 2 aromatic rings. The molecule has 0 amide bonds. The van der Waals surface area contributed by atoms with Gasteiger partial charge in [-0.1, -0.05) is 18.2 Å². The quantitative estimate of drug-likeness (QED) is 0.353. The van der Waals surface area contributed by atoms with Gasteiger partial charge in [-0.2, -0.15) is 0 Å². The van der Waals surface area contributed by atoms with Crippen molar-refractivity contribution in [1.82, 2.24) is 0 Å². The molecule has 0 aliphatic heterocycles. The molecule has 0 N–H and O–H groups in total. The van der Waals surface area contributed by atoms with Crippen LogP contribution >= 0.6 is 0 Å². The maximum atomic E-state index is 11.7. The van der Waals surface area contributed by atoms with Crippen LogP contribution in [0.4, 0.5) is 5.69 Å². The van der Waals surface area contributed by atoms with E-state index in [1.165, 1.54) is 24.3 Å². The first-order chi connectivity index (χ1) is 10.2. The van der Waals surface area contributed by atoms with E-state index in [-0.39, 0.29) is 24.5 Å². The molecule has 0 heterocycles. The van der Waals surface area contributed by atoms with Gasteiger partial charge < -0.3 is 9.47 Å². The molecule has 0 saturated heterocycles. The van der Waals surface area contributed by atoms with Crippen LogP contribution in [0.25, 0.3) is 0 Å². The summed E-state index contributed by atoms with van der Waals surface area (Å²) in [6.07, 6.45) is 0. The van der Waals surface area contributed by atoms with E-state index < -0.39 is 10.9 Å². The van der Waals surface area contributed by atoms with Crippen LogP contribution in [0, 0.1) is 10.1 Å². The Labute approximate surface area is 121 Å². The Bertz CT molecular complexity index is 610. The predicted molar refractivity (Wildman–Crippen MR) is 75.3 cm³/mol. The van der Waals surface area contributed by atoms with Crippen molar-refractivity contribution in [2.45, 2.75) is 0 Å². The van der Waals surface area contributed by atoms with Crippen molar-refractivity contribution in [3.63, 3.8) is 0 Å². The minimum atomic E-state index is -0.540. The number of benzene rings is 2. The van der Waals surface area contributed by atoms with E-state index in [0.717, 1.165) is 0 Å². The van der Waals surface area contributed by atoms with Gasteiger partial charge in [-0.25, -0.2) is 4.79 Å². The molecule has 6 heteroatoms. The van der Waals surface area contributed by atoms with Gasteiger partial charge in [0.1, 0.15) is 19.0 Å². The van der Waals surface area contributed by atoms with E-state index in [1.54, 1.807) is 12.1 Å². The smallest absolute Gasteiger partial charge is 0.338 e. The van der Waals surface area contributed by atoms with E-state index in [9.17, 15) is 14.9 Å². The van der Waals surface area contributed by atoms with Gasteiger partial charge in [-0.05, 0) is 24.3 Å². The molecule has 0 aliphatic carbocycles. The Morgan fingerprint density at radius 2 is 1.67 bits per heavy atom. The molecule has 0 fully saturated rings. The molecule has 0 unspecified atom stereocenters. The normalized spacial score (nSPS) is 9.90. The molecule has 0 bridgehead atoms. The monoisotopic (exact) mass is 287 g/mol. The van der Waals surface area contributed by atoms with E-state index in [1.807, 2.05) is 18.2 Å². The summed E-state index contributed by atoms with van der Waals surface area (Å²) in [6.45, 7) is 0.341. The van der Waals surface area contributed by atoms with Crippen LogP contribution in [0.5, 0.6) is 5.75 Å². The minimum absolute atomic E-state index is 0.0704. The standard InChI is InChI=1S/C15H13NO5/c17-15(12-6-8-13(9-7-12)16(18)19)21-11-10-20-14-4-2-1-3-5-14/h1-9H,10-11H2. The Morgan fingerprint density at radius 1 is 1.00 bits per heavy atom. The second-order valence-electron chi connectivity index (χ2n) is 4.10. The number of ether oxygens (including phenoxy) is 2. The van der Waals surface area contributed by atoms with Gasteiger partial charge in [0.2, 0.25) is 0 Å². The zero-order valence-electron chi connectivity index (χ0n) is 11.1. The highest BCUT2D eigenvalue weighted by molar-refractivity contribution is 5.89. The average molecular weight is 287 g/mol. The van der Waals surface area contributed by atoms with E-state index in [4.69, 9.17) is 9.47 Å². The van der Waals surface area contributed by atoms with Crippen LogP contribution in [0.15, 0.2) is 54.6 Å². The molecule has 0 aromatic heterocycles. The molecule has 0 spiro atoms. The maximum absolute atomic E-state index is 11.7. The Morgan fingerprint density at radius 3 is 2.29 bits per heavy atom. The van der Waals surface area contributed by atoms with Crippen LogP contribution in [0.3, 0.4) is 0 Å². The van der Waals surface area contributed by atoms with Gasteiger partial charge in [-0.15, -0.1) is 0 Å². The summed E-state index contributed by atoms with van der Waals surface area (Å²) in [5.74, 6) is 0.158. The molecule has 6 nitrogen and oxygen atoms in total. The lowest BCUT2D eigenvalue weighted by Crippen LogP contribution is -2.12. The molecular weight excluding hydrogens is 274 g/mol. The van der Waals surface area contributed by atoms with Crippen molar-refractivity contribution in [2.24, 2.45) is 0 Å². The SMILES string of the molecule is O=C(OCCOc1ccccc1)c1ccc([N+](=O)[O-])cc1. The predicted octanol–water partition coefficient (Wildman–Crippen LogP) is 2.83. The fraction of sp³-hybridized carbons (Fsp3) is 0.133. The van der Waals surface area contributed by atoms with Gasteiger partial charge in [0.25, 0.3) is 5.69 Å². The summed E-state index contributed by atoms with van der Waals surface area (Å²) in [5.41, 5.74) is 0.194. The summed E-state index contributed by atoms with van der Waals surface area (Å²) < 4.78 is 10.4. The molecule has 2 aromatic carbocycles. The third-order valence-electron chi connectivity index (χ3n) is 2.64. The first kappa shape index (κ1) is 14.5. The van der Waals surface area contributed by atoms with Crippen LogP contribution in [0.2, 0.25) is 0 Å². The van der Waals surface area contributed by atoms with Crippen molar-refractivity contribution < 1.29 is 19.2 Å². The number of nitro groups is 1. The van der Waals surface area contributed by atoms with Crippen molar-refractivity contribution in [3.8, 4) is 5.75 Å². The van der Waals surface area contributed by atoms with Crippen LogP contribution in [0.1, 0.15) is 10.4 Å². The number of nitrogens with zero attached hydrogens (tertiary/aromatic N) is 1. The molecule has 0 aliphatic rings. The molecule has 0 saturated carbocycles. The molecule has 0 atom stereocenters. The van der Waals surface area contributed by atoms with Gasteiger partial charge in [0.15, 0.2) is 0 Å². The minimum Gasteiger partial charge on any atom is -0.490 e. The lowest BCUT2D eigenvalue weighted by molar-refractivity contribution is -0.384. The average Bonchev–Trinajstić information content (AvgIpc) is 2.52. The van der Waals surface area contributed by atoms with Gasteiger partial charge >= 0.3 is 5.97 Å². The highest BCUT2D eigenvalue weighted by Crippen LogP contribution is 2.13. The highest BCUT2D eigenvalue weighted by Gasteiger charge is 2.10. The summed E-state index contributed by atoms with van der Waals surface area (Å²) >= 11 is 0. The van der Waals surface area contributed by atoms with Gasteiger partial charge in [-0.3, -0.25) is 10.1 Å². The number of nitro benzene ring substituents is 1. The number of hydrogen-bond donors (Lipinski definition) is 0. The Kier molecular flexibility index (Phi) is 4.87. The largest absolute Gasteiger partial charge is 0.490 e. The van der Waals surface area contributed by atoms with Crippen molar-refractivity contribution in [3.05, 3.63) is 70.3 Å². The number of carbonyl (C=O) groups is 1. The third kappa shape index (κ3) is 4.31. The molecule has 21 heavy (non-hydrogen) atoms. The number of esters is 1. The first-order valence-corrected chi connectivity index (χ1v) is 6.26. The highest BCUT2D eigenvalue weighted by atomic mass is 16.6. The lowest BCUT2D eigenvalue weighted by Gasteiger charge is -2.07. The topological polar surface area (TPSA) is 78.7 Å². The Hall–Kier alpha value is -2.89. The number of hydrogen-bond acceptors (Lipinski definition) is 5. The van der Waals surface area contributed by atoms with Crippen molar-refractivity contribution in [2.75, 3.05) is 13.2 Å². The summed E-state index contributed by atoms with van der Waals surface area (Å²) in [4.78, 5) is 21.7. The first-order valence-electron chi connectivity index (χ1n) is 6.26. The van der Waals surface area contributed by atoms with Gasteiger partial charge in [0, 0.05) is 12.1 Å². The fourth-order valence-corrected chi connectivity index (χ4v) is 1.61. The van der Waals surface area contributed by atoms with E-state index in [2.05, 4.69) is 0 Å². The number of carbonyl (C=O) groups excluding carboxylic acids is 1.